The Bertz CT molecular complexity index is 1420. The summed E-state index contributed by atoms with van der Waals surface area (Å²) in [7, 11) is -4.03. The first kappa shape index (κ1) is 25.2. The quantitative estimate of drug-likeness (QED) is 0.484. The van der Waals surface area contributed by atoms with E-state index in [1.807, 2.05) is 0 Å². The molecule has 1 aromatic carbocycles. The van der Waals surface area contributed by atoms with Gasteiger partial charge in [0.15, 0.2) is 0 Å². The lowest BCUT2D eigenvalue weighted by Crippen LogP contribution is -2.50. The summed E-state index contributed by atoms with van der Waals surface area (Å²) >= 11 is 0. The van der Waals surface area contributed by atoms with Gasteiger partial charge in [0, 0.05) is 17.8 Å². The van der Waals surface area contributed by atoms with Gasteiger partial charge < -0.3 is 5.32 Å². The predicted octanol–water partition coefficient (Wildman–Crippen LogP) is 3.55. The fraction of sp³-hybridized carbons (Fsp3) is 0.333. The molecule has 5 rings (SSSR count). The summed E-state index contributed by atoms with van der Waals surface area (Å²) in [5.41, 5.74) is 0.0161. The maximum atomic E-state index is 13.3. The molecule has 3 atom stereocenters. The zero-order valence-electron chi connectivity index (χ0n) is 19.2. The number of carbonyl (C=O) groups excluding carboxylic acids is 1. The zero-order valence-corrected chi connectivity index (χ0v) is 20.0. The molecule has 0 radical (unpaired) electrons. The second kappa shape index (κ2) is 9.45. The summed E-state index contributed by atoms with van der Waals surface area (Å²) in [6, 6.07) is 6.89. The van der Waals surface area contributed by atoms with Crippen LogP contribution in [0.5, 0.6) is 0 Å². The first-order valence-corrected chi connectivity index (χ1v) is 12.9. The van der Waals surface area contributed by atoms with Crippen molar-refractivity contribution in [2.45, 2.75) is 49.0 Å². The van der Waals surface area contributed by atoms with E-state index in [4.69, 9.17) is 0 Å². The van der Waals surface area contributed by atoms with Crippen molar-refractivity contribution < 1.29 is 30.8 Å². The molecular weight excluding hydrogens is 514 g/mol. The van der Waals surface area contributed by atoms with E-state index in [1.165, 1.54) is 34.9 Å². The van der Waals surface area contributed by atoms with Crippen molar-refractivity contribution in [3.05, 3.63) is 72.2 Å². The van der Waals surface area contributed by atoms with Gasteiger partial charge in [-0.05, 0) is 67.6 Å². The molecule has 2 aromatic heterocycles. The maximum Gasteiger partial charge on any atom is 0.433 e. The average Bonchev–Trinajstić information content (AvgIpc) is 3.13. The van der Waals surface area contributed by atoms with E-state index in [2.05, 4.69) is 20.3 Å². The van der Waals surface area contributed by atoms with Crippen LogP contribution in [0.1, 0.15) is 30.7 Å². The fourth-order valence-electron chi connectivity index (χ4n) is 4.74. The second-order valence-electron chi connectivity index (χ2n) is 8.99. The van der Waals surface area contributed by atoms with Gasteiger partial charge in [0.2, 0.25) is 15.9 Å². The monoisotopic (exact) mass is 535 g/mol. The average molecular weight is 536 g/mol. The van der Waals surface area contributed by atoms with Crippen molar-refractivity contribution >= 4 is 15.9 Å². The minimum absolute atomic E-state index is 0.0430. The third kappa shape index (κ3) is 4.92. The maximum absolute atomic E-state index is 13.3. The van der Waals surface area contributed by atoms with Crippen molar-refractivity contribution in [2.24, 2.45) is 5.92 Å². The summed E-state index contributed by atoms with van der Waals surface area (Å²) < 4.78 is 79.6. The molecule has 2 aliphatic rings. The van der Waals surface area contributed by atoms with E-state index >= 15 is 0 Å². The SMILES string of the molecule is O=C(NCc1cc(-c2ccc(C(F)(F)F)nc2)ncn1)[C@@H]1C[C@H]2CC[C@H]2N1S(=O)(=O)c1ccc(F)cc1. The Labute approximate surface area is 209 Å². The molecule has 3 aromatic rings. The number of nitrogens with one attached hydrogen (secondary N) is 1. The molecule has 1 saturated heterocycles. The predicted molar refractivity (Wildman–Crippen MR) is 122 cm³/mol. The normalized spacial score (nSPS) is 21.8. The Balaban J connectivity index is 1.30. The smallest absolute Gasteiger partial charge is 0.349 e. The Morgan fingerprint density at radius 1 is 1.05 bits per heavy atom. The third-order valence-corrected chi connectivity index (χ3v) is 8.69. The van der Waals surface area contributed by atoms with E-state index in [-0.39, 0.29) is 23.4 Å². The van der Waals surface area contributed by atoms with Crippen LogP contribution in [0.3, 0.4) is 0 Å². The van der Waals surface area contributed by atoms with Crippen LogP contribution in [0.4, 0.5) is 17.6 Å². The molecule has 1 aliphatic carbocycles. The topological polar surface area (TPSA) is 105 Å². The van der Waals surface area contributed by atoms with Gasteiger partial charge >= 0.3 is 6.18 Å². The van der Waals surface area contributed by atoms with Gasteiger partial charge in [0.1, 0.15) is 23.9 Å². The number of sulfonamides is 1. The van der Waals surface area contributed by atoms with E-state index < -0.39 is 39.7 Å². The summed E-state index contributed by atoms with van der Waals surface area (Å²) in [6.07, 6.45) is -0.443. The number of hydrogen-bond donors (Lipinski definition) is 1. The third-order valence-electron chi connectivity index (χ3n) is 6.75. The molecule has 1 N–H and O–H groups in total. The van der Waals surface area contributed by atoms with Crippen LogP contribution in [-0.4, -0.2) is 45.7 Å². The molecule has 37 heavy (non-hydrogen) atoms. The zero-order chi connectivity index (χ0) is 26.4. The molecule has 194 valence electrons. The molecule has 0 spiro atoms. The largest absolute Gasteiger partial charge is 0.433 e. The molecule has 13 heteroatoms. The lowest BCUT2D eigenvalue weighted by Gasteiger charge is -2.36. The fourth-order valence-corrected chi connectivity index (χ4v) is 6.61. The molecule has 1 aliphatic heterocycles. The van der Waals surface area contributed by atoms with Crippen molar-refractivity contribution in [3.8, 4) is 11.3 Å². The Kier molecular flexibility index (Phi) is 6.44. The van der Waals surface area contributed by atoms with Gasteiger partial charge in [-0.3, -0.25) is 9.78 Å². The van der Waals surface area contributed by atoms with Crippen LogP contribution in [0.2, 0.25) is 0 Å². The lowest BCUT2D eigenvalue weighted by atomic mass is 9.80. The molecule has 8 nitrogen and oxygen atoms in total. The van der Waals surface area contributed by atoms with Crippen molar-refractivity contribution in [2.75, 3.05) is 0 Å². The second-order valence-corrected chi connectivity index (χ2v) is 10.8. The number of pyridine rings is 1. The number of nitrogens with zero attached hydrogens (tertiary/aromatic N) is 4. The van der Waals surface area contributed by atoms with E-state index in [9.17, 15) is 30.8 Å². The highest BCUT2D eigenvalue weighted by atomic mass is 32.2. The summed E-state index contributed by atoms with van der Waals surface area (Å²) in [6.45, 7) is -0.0430. The highest BCUT2D eigenvalue weighted by Crippen LogP contribution is 2.46. The van der Waals surface area contributed by atoms with Crippen LogP contribution in [0.25, 0.3) is 11.3 Å². The van der Waals surface area contributed by atoms with Crippen LogP contribution in [0, 0.1) is 11.7 Å². The molecule has 1 amide bonds. The Morgan fingerprint density at radius 3 is 2.43 bits per heavy atom. The van der Waals surface area contributed by atoms with Crippen LogP contribution < -0.4 is 5.32 Å². The van der Waals surface area contributed by atoms with Gasteiger partial charge in [0.25, 0.3) is 0 Å². The first-order chi connectivity index (χ1) is 17.5. The molecule has 3 heterocycles. The molecular formula is C24H21F4N5O3S. The molecule has 2 fully saturated rings. The molecule has 0 bridgehead atoms. The number of aromatic nitrogens is 3. The van der Waals surface area contributed by atoms with E-state index in [1.54, 1.807) is 0 Å². The summed E-state index contributed by atoms with van der Waals surface area (Å²) in [4.78, 5) is 24.6. The van der Waals surface area contributed by atoms with Crippen LogP contribution >= 0.6 is 0 Å². The van der Waals surface area contributed by atoms with Crippen LogP contribution in [-0.2, 0) is 27.5 Å². The van der Waals surface area contributed by atoms with Gasteiger partial charge in [-0.15, -0.1) is 0 Å². The van der Waals surface area contributed by atoms with Gasteiger partial charge in [-0.25, -0.2) is 22.8 Å². The van der Waals surface area contributed by atoms with Crippen molar-refractivity contribution in [1.29, 1.82) is 0 Å². The Morgan fingerprint density at radius 2 is 1.81 bits per heavy atom. The number of fused-ring (bicyclic) bond motifs is 1. The number of benzene rings is 1. The number of amides is 1. The van der Waals surface area contributed by atoms with Crippen molar-refractivity contribution in [3.63, 3.8) is 0 Å². The number of carbonyl (C=O) groups is 1. The number of alkyl halides is 3. The minimum Gasteiger partial charge on any atom is -0.349 e. The van der Waals surface area contributed by atoms with Gasteiger partial charge in [0.05, 0.1) is 22.8 Å². The minimum atomic E-state index is -4.56. The first-order valence-electron chi connectivity index (χ1n) is 11.5. The van der Waals surface area contributed by atoms with Crippen molar-refractivity contribution in [1.82, 2.24) is 24.6 Å². The molecule has 1 saturated carbocycles. The van der Waals surface area contributed by atoms with Gasteiger partial charge in [-0.1, -0.05) is 0 Å². The molecule has 0 unspecified atom stereocenters. The highest BCUT2D eigenvalue weighted by molar-refractivity contribution is 7.89. The lowest BCUT2D eigenvalue weighted by molar-refractivity contribution is -0.141. The number of hydrogen-bond acceptors (Lipinski definition) is 6. The van der Waals surface area contributed by atoms with Crippen LogP contribution in [0.15, 0.2) is 59.9 Å². The Hall–Kier alpha value is -3.45. The summed E-state index contributed by atoms with van der Waals surface area (Å²) in [5, 5.41) is 2.72. The van der Waals surface area contributed by atoms with Gasteiger partial charge in [-0.2, -0.15) is 17.5 Å². The highest BCUT2D eigenvalue weighted by Gasteiger charge is 2.54. The summed E-state index contributed by atoms with van der Waals surface area (Å²) in [5.74, 6) is -0.979. The van der Waals surface area contributed by atoms with E-state index in [0.717, 1.165) is 30.8 Å². The van der Waals surface area contributed by atoms with E-state index in [0.29, 0.717) is 29.8 Å². The number of halogens is 4. The standard InChI is InChI=1S/C24H21F4N5O3S/c25-16-3-5-18(6-4-16)37(35,36)33-20-7-1-14(20)9-21(33)23(34)30-12-17-10-19(32-13-31-17)15-2-8-22(29-11-15)24(26,27)28/h2-6,8,10-11,13-14,20-21H,1,7,9,12H2,(H,30,34)/t14-,20-,21+/m1/s1. The number of rotatable bonds is 6.